The maximum Gasteiger partial charge on any atom is 0.268 e. The standard InChI is InChI=1S/C26H21N3O2S/c1-18-9-11-21(12-10-18)24(30)29-13-14-32-26(29)22-7-2-3-8-23(22)28(25(26)31)17-20-6-4-5-19(15-20)16-27/h2-12,15H,13-14,17H2,1H3. The van der Waals surface area contributed by atoms with Crippen molar-refractivity contribution in [1.82, 2.24) is 4.90 Å². The Bertz CT molecular complexity index is 1260. The van der Waals surface area contributed by atoms with Crippen LogP contribution < -0.4 is 4.90 Å². The van der Waals surface area contributed by atoms with E-state index in [2.05, 4.69) is 6.07 Å². The molecule has 6 heteroatoms. The van der Waals surface area contributed by atoms with Crippen molar-refractivity contribution in [2.24, 2.45) is 0 Å². The number of nitriles is 1. The molecule has 0 aromatic heterocycles. The van der Waals surface area contributed by atoms with E-state index in [1.165, 1.54) is 11.8 Å². The molecule has 2 amide bonds. The number of carbonyl (C=O) groups is 2. The minimum Gasteiger partial charge on any atom is -0.311 e. The Morgan fingerprint density at radius 3 is 2.66 bits per heavy atom. The van der Waals surface area contributed by atoms with Gasteiger partial charge in [0.2, 0.25) is 0 Å². The predicted molar refractivity (Wildman–Crippen MR) is 125 cm³/mol. The van der Waals surface area contributed by atoms with Crippen LogP contribution in [-0.2, 0) is 16.2 Å². The first kappa shape index (κ1) is 20.3. The molecule has 1 fully saturated rings. The van der Waals surface area contributed by atoms with Gasteiger partial charge in [-0.1, -0.05) is 48.0 Å². The van der Waals surface area contributed by atoms with Crippen LogP contribution in [0.1, 0.15) is 32.6 Å². The van der Waals surface area contributed by atoms with Crippen molar-refractivity contribution in [3.8, 4) is 6.07 Å². The Labute approximate surface area is 191 Å². The second kappa shape index (κ2) is 7.85. The van der Waals surface area contributed by atoms with Crippen molar-refractivity contribution < 1.29 is 9.59 Å². The lowest BCUT2D eigenvalue weighted by molar-refractivity contribution is -0.123. The van der Waals surface area contributed by atoms with Crippen LogP contribution in [0.5, 0.6) is 0 Å². The quantitative estimate of drug-likeness (QED) is 0.605. The van der Waals surface area contributed by atoms with E-state index >= 15 is 0 Å². The fourth-order valence-corrected chi connectivity index (χ4v) is 5.96. The van der Waals surface area contributed by atoms with Gasteiger partial charge in [0.1, 0.15) is 0 Å². The van der Waals surface area contributed by atoms with Crippen LogP contribution >= 0.6 is 11.8 Å². The number of fused-ring (bicyclic) bond motifs is 2. The molecular formula is C26H21N3O2S. The minimum atomic E-state index is -1.06. The Morgan fingerprint density at radius 2 is 1.88 bits per heavy atom. The summed E-state index contributed by atoms with van der Waals surface area (Å²) in [6, 6.07) is 24.7. The summed E-state index contributed by atoms with van der Waals surface area (Å²) in [5.74, 6) is 0.450. The average Bonchev–Trinajstić information content (AvgIpc) is 3.36. The number of anilines is 1. The smallest absolute Gasteiger partial charge is 0.268 e. The highest BCUT2D eigenvalue weighted by Gasteiger charge is 2.59. The first-order valence-electron chi connectivity index (χ1n) is 10.5. The fraction of sp³-hybridized carbons (Fsp3) is 0.192. The van der Waals surface area contributed by atoms with Crippen LogP contribution in [0.15, 0.2) is 72.8 Å². The van der Waals surface area contributed by atoms with Gasteiger partial charge in [-0.25, -0.2) is 0 Å². The van der Waals surface area contributed by atoms with E-state index in [1.807, 2.05) is 67.6 Å². The lowest BCUT2D eigenvalue weighted by Gasteiger charge is -2.33. The van der Waals surface area contributed by atoms with E-state index < -0.39 is 4.87 Å². The SMILES string of the molecule is Cc1ccc(C(=O)N2CCSC23C(=O)N(Cc2cccc(C#N)c2)c2ccccc23)cc1. The number of hydrogen-bond donors (Lipinski definition) is 0. The number of nitrogens with zero attached hydrogens (tertiary/aromatic N) is 3. The van der Waals surface area contributed by atoms with Gasteiger partial charge in [-0.2, -0.15) is 5.26 Å². The third-order valence-corrected chi connectivity index (χ3v) is 7.46. The largest absolute Gasteiger partial charge is 0.311 e. The minimum absolute atomic E-state index is 0.107. The first-order valence-corrected chi connectivity index (χ1v) is 11.5. The predicted octanol–water partition coefficient (Wildman–Crippen LogP) is 4.46. The number of rotatable bonds is 3. The van der Waals surface area contributed by atoms with Gasteiger partial charge in [0.15, 0.2) is 4.87 Å². The van der Waals surface area contributed by atoms with E-state index in [4.69, 9.17) is 0 Å². The normalized spacial score (nSPS) is 19.3. The highest BCUT2D eigenvalue weighted by molar-refractivity contribution is 8.01. The van der Waals surface area contributed by atoms with Crippen LogP contribution in [0.2, 0.25) is 0 Å². The Balaban J connectivity index is 1.56. The van der Waals surface area contributed by atoms with Gasteiger partial charge in [-0.15, -0.1) is 11.8 Å². The fourth-order valence-electron chi connectivity index (χ4n) is 4.50. The molecule has 0 radical (unpaired) electrons. The maximum absolute atomic E-state index is 14.0. The van der Waals surface area contributed by atoms with Crippen molar-refractivity contribution in [2.45, 2.75) is 18.3 Å². The lowest BCUT2D eigenvalue weighted by Crippen LogP contribution is -2.50. The Kier molecular flexibility index (Phi) is 4.99. The van der Waals surface area contributed by atoms with Gasteiger partial charge in [-0.3, -0.25) is 9.59 Å². The summed E-state index contributed by atoms with van der Waals surface area (Å²) < 4.78 is 0. The van der Waals surface area contributed by atoms with E-state index in [1.54, 1.807) is 21.9 Å². The van der Waals surface area contributed by atoms with Gasteiger partial charge in [0.05, 0.1) is 23.9 Å². The molecule has 0 saturated carbocycles. The third kappa shape index (κ3) is 3.09. The monoisotopic (exact) mass is 439 g/mol. The molecule has 0 N–H and O–H groups in total. The average molecular weight is 440 g/mol. The molecule has 3 aromatic carbocycles. The zero-order valence-corrected chi connectivity index (χ0v) is 18.4. The number of benzene rings is 3. The summed E-state index contributed by atoms with van der Waals surface area (Å²) in [6.45, 7) is 2.84. The van der Waals surface area contributed by atoms with Crippen LogP contribution in [0.3, 0.4) is 0 Å². The van der Waals surface area contributed by atoms with Gasteiger partial charge in [-0.05, 0) is 42.8 Å². The molecular weight excluding hydrogens is 418 g/mol. The van der Waals surface area contributed by atoms with Crippen LogP contribution in [0, 0.1) is 18.3 Å². The summed E-state index contributed by atoms with van der Waals surface area (Å²) in [5, 5.41) is 9.24. The molecule has 1 atom stereocenters. The van der Waals surface area contributed by atoms with E-state index in [0.29, 0.717) is 30.0 Å². The van der Waals surface area contributed by atoms with E-state index in [-0.39, 0.29) is 11.8 Å². The molecule has 1 unspecified atom stereocenters. The summed E-state index contributed by atoms with van der Waals surface area (Å²) in [4.78, 5) is 29.9. The number of para-hydroxylation sites is 1. The second-order valence-corrected chi connectivity index (χ2v) is 9.32. The molecule has 0 aliphatic carbocycles. The van der Waals surface area contributed by atoms with Gasteiger partial charge < -0.3 is 9.80 Å². The number of aryl methyl sites for hydroxylation is 1. The van der Waals surface area contributed by atoms with E-state index in [0.717, 1.165) is 22.4 Å². The van der Waals surface area contributed by atoms with Crippen molar-refractivity contribution in [3.05, 3.63) is 101 Å². The van der Waals surface area contributed by atoms with Crippen molar-refractivity contribution in [3.63, 3.8) is 0 Å². The molecule has 1 saturated heterocycles. The molecule has 5 rings (SSSR count). The maximum atomic E-state index is 14.0. The molecule has 0 bridgehead atoms. The highest BCUT2D eigenvalue weighted by atomic mass is 32.2. The second-order valence-electron chi connectivity index (χ2n) is 8.04. The first-order chi connectivity index (χ1) is 15.5. The topological polar surface area (TPSA) is 64.4 Å². The molecule has 2 aliphatic heterocycles. The summed E-state index contributed by atoms with van der Waals surface area (Å²) in [6.07, 6.45) is 0. The molecule has 5 nitrogen and oxygen atoms in total. The molecule has 32 heavy (non-hydrogen) atoms. The lowest BCUT2D eigenvalue weighted by atomic mass is 10.0. The van der Waals surface area contributed by atoms with Gasteiger partial charge in [0, 0.05) is 23.4 Å². The van der Waals surface area contributed by atoms with Gasteiger partial charge >= 0.3 is 0 Å². The molecule has 1 spiro atoms. The van der Waals surface area contributed by atoms with E-state index in [9.17, 15) is 14.9 Å². The zero-order chi connectivity index (χ0) is 22.3. The number of amides is 2. The molecule has 3 aromatic rings. The Morgan fingerprint density at radius 1 is 1.09 bits per heavy atom. The van der Waals surface area contributed by atoms with Crippen LogP contribution in [0.4, 0.5) is 5.69 Å². The summed E-state index contributed by atoms with van der Waals surface area (Å²) in [5.41, 5.74) is 4.77. The van der Waals surface area contributed by atoms with Crippen molar-refractivity contribution in [1.29, 1.82) is 5.26 Å². The molecule has 158 valence electrons. The summed E-state index contributed by atoms with van der Waals surface area (Å²) in [7, 11) is 0. The third-order valence-electron chi connectivity index (χ3n) is 6.04. The van der Waals surface area contributed by atoms with Gasteiger partial charge in [0.25, 0.3) is 11.8 Å². The number of carbonyl (C=O) groups excluding carboxylic acids is 2. The number of thioether (sulfide) groups is 1. The van der Waals surface area contributed by atoms with Crippen LogP contribution in [-0.4, -0.2) is 29.0 Å². The molecule has 2 heterocycles. The van der Waals surface area contributed by atoms with Crippen molar-refractivity contribution in [2.75, 3.05) is 17.2 Å². The molecule has 2 aliphatic rings. The summed E-state index contributed by atoms with van der Waals surface area (Å²) >= 11 is 1.52. The van der Waals surface area contributed by atoms with Crippen LogP contribution in [0.25, 0.3) is 0 Å². The highest BCUT2D eigenvalue weighted by Crippen LogP contribution is 2.54. The van der Waals surface area contributed by atoms with Crippen molar-refractivity contribution >= 4 is 29.3 Å². The number of hydrogen-bond acceptors (Lipinski definition) is 4. The zero-order valence-electron chi connectivity index (χ0n) is 17.6. The Hall–Kier alpha value is -3.56.